The summed E-state index contributed by atoms with van der Waals surface area (Å²) in [5.41, 5.74) is 0.873. The quantitative estimate of drug-likeness (QED) is 0.373. The van der Waals surface area contributed by atoms with Crippen LogP contribution in [-0.4, -0.2) is 75.9 Å². The van der Waals surface area contributed by atoms with Crippen molar-refractivity contribution in [1.82, 2.24) is 0 Å². The van der Waals surface area contributed by atoms with Crippen LogP contribution in [0.5, 0.6) is 17.2 Å². The zero-order chi connectivity index (χ0) is 22.5. The molecule has 0 bridgehead atoms. The second-order valence-corrected chi connectivity index (χ2v) is 6.92. The summed E-state index contributed by atoms with van der Waals surface area (Å²) in [5, 5.41) is 48.4. The molecular weight excluding hydrogens is 412 g/mol. The summed E-state index contributed by atoms with van der Waals surface area (Å²) >= 11 is 0. The number of aliphatic hydroxyl groups is 4. The lowest BCUT2D eigenvalue weighted by molar-refractivity contribution is -0.277. The molecule has 5 atom stereocenters. The topological polar surface area (TPSA) is 155 Å². The number of esters is 1. The van der Waals surface area contributed by atoms with Gasteiger partial charge in [0.05, 0.1) is 19.3 Å². The van der Waals surface area contributed by atoms with Crippen LogP contribution in [0.2, 0.25) is 0 Å². The van der Waals surface area contributed by atoms with E-state index in [2.05, 4.69) is 0 Å². The van der Waals surface area contributed by atoms with E-state index in [9.17, 15) is 30.3 Å². The minimum absolute atomic E-state index is 0.0254. The molecule has 2 aromatic carbocycles. The third-order valence-corrected chi connectivity index (χ3v) is 4.81. The minimum atomic E-state index is -1.53. The van der Waals surface area contributed by atoms with E-state index < -0.39 is 43.3 Å². The number of benzene rings is 2. The molecule has 1 heterocycles. The summed E-state index contributed by atoms with van der Waals surface area (Å²) in [5.74, 6) is -0.235. The second-order valence-electron chi connectivity index (χ2n) is 6.92. The van der Waals surface area contributed by atoms with Crippen molar-refractivity contribution in [3.05, 3.63) is 53.6 Å². The minimum Gasteiger partial charge on any atom is -0.504 e. The third-order valence-electron chi connectivity index (χ3n) is 4.81. The van der Waals surface area contributed by atoms with Crippen LogP contribution in [0, 0.1) is 0 Å². The smallest absolute Gasteiger partial charge is 0.338 e. The second kappa shape index (κ2) is 9.94. The molecule has 0 radical (unpaired) electrons. The number of aliphatic hydroxyl groups excluding tert-OH is 4. The Hall–Kier alpha value is -2.89. The van der Waals surface area contributed by atoms with Gasteiger partial charge in [-0.25, -0.2) is 4.79 Å². The van der Waals surface area contributed by atoms with Gasteiger partial charge in [-0.05, 0) is 35.9 Å². The first-order valence-corrected chi connectivity index (χ1v) is 9.44. The van der Waals surface area contributed by atoms with E-state index in [1.165, 1.54) is 25.3 Å². The van der Waals surface area contributed by atoms with Gasteiger partial charge in [0.2, 0.25) is 6.29 Å². The molecule has 10 heteroatoms. The van der Waals surface area contributed by atoms with Crippen LogP contribution in [0.15, 0.2) is 42.5 Å². The standard InChI is InChI=1S/C21H24O10/c1-28-15-8-12(4-7-14(15)23)20(27)29-10-11-2-5-13(6-3-11)30-21-19(26)18(25)17(24)16(9-22)31-21/h2-8,16-19,21-26H,9-10H2,1H3/t16-,17-,18+,19-,21-/m1/s1. The zero-order valence-electron chi connectivity index (χ0n) is 16.6. The Kier molecular flexibility index (Phi) is 7.31. The molecule has 1 aliphatic rings. The maximum Gasteiger partial charge on any atom is 0.338 e. The molecular formula is C21H24O10. The van der Waals surface area contributed by atoms with Crippen molar-refractivity contribution in [3.8, 4) is 17.2 Å². The lowest BCUT2D eigenvalue weighted by Gasteiger charge is -2.39. The summed E-state index contributed by atoms with van der Waals surface area (Å²) in [7, 11) is 1.37. The number of aromatic hydroxyl groups is 1. The fraction of sp³-hybridized carbons (Fsp3) is 0.381. The molecule has 3 rings (SSSR count). The van der Waals surface area contributed by atoms with Crippen molar-refractivity contribution < 1.29 is 49.3 Å². The van der Waals surface area contributed by atoms with Gasteiger partial charge in [-0.15, -0.1) is 0 Å². The summed E-state index contributed by atoms with van der Waals surface area (Å²) in [6.07, 6.45) is -6.87. The molecule has 0 amide bonds. The number of carbonyl (C=O) groups is 1. The average molecular weight is 436 g/mol. The highest BCUT2D eigenvalue weighted by Gasteiger charge is 2.44. The van der Waals surface area contributed by atoms with Crippen molar-refractivity contribution in [2.24, 2.45) is 0 Å². The number of phenolic OH excluding ortho intramolecular Hbond substituents is 1. The van der Waals surface area contributed by atoms with Crippen LogP contribution >= 0.6 is 0 Å². The normalized spacial score (nSPS) is 25.6. The third kappa shape index (κ3) is 5.24. The van der Waals surface area contributed by atoms with Gasteiger partial charge in [0.1, 0.15) is 36.8 Å². The number of carbonyl (C=O) groups excluding carboxylic acids is 1. The molecule has 10 nitrogen and oxygen atoms in total. The maximum atomic E-state index is 12.2. The van der Waals surface area contributed by atoms with E-state index in [4.69, 9.17) is 18.9 Å². The lowest BCUT2D eigenvalue weighted by atomic mass is 9.99. The Balaban J connectivity index is 1.57. The predicted octanol–water partition coefficient (Wildman–Crippen LogP) is -0.0635. The first-order chi connectivity index (χ1) is 14.8. The van der Waals surface area contributed by atoms with Gasteiger partial charge in [-0.1, -0.05) is 12.1 Å². The Labute approximate surface area is 177 Å². The van der Waals surface area contributed by atoms with E-state index in [0.717, 1.165) is 0 Å². The van der Waals surface area contributed by atoms with E-state index in [0.29, 0.717) is 11.3 Å². The Morgan fingerprint density at radius 3 is 2.39 bits per heavy atom. The lowest BCUT2D eigenvalue weighted by Crippen LogP contribution is -2.60. The predicted molar refractivity (Wildman–Crippen MR) is 105 cm³/mol. The molecule has 0 spiro atoms. The first-order valence-electron chi connectivity index (χ1n) is 9.44. The maximum absolute atomic E-state index is 12.2. The molecule has 168 valence electrons. The number of ether oxygens (including phenoxy) is 4. The van der Waals surface area contributed by atoms with Crippen LogP contribution in [0.4, 0.5) is 0 Å². The van der Waals surface area contributed by atoms with Gasteiger partial charge in [0.15, 0.2) is 11.5 Å². The highest BCUT2D eigenvalue weighted by atomic mass is 16.7. The monoisotopic (exact) mass is 436 g/mol. The van der Waals surface area contributed by atoms with E-state index in [-0.39, 0.29) is 23.7 Å². The van der Waals surface area contributed by atoms with Gasteiger partial charge < -0.3 is 44.5 Å². The average Bonchev–Trinajstić information content (AvgIpc) is 2.79. The Morgan fingerprint density at radius 2 is 1.74 bits per heavy atom. The molecule has 5 N–H and O–H groups in total. The van der Waals surface area contributed by atoms with Crippen molar-refractivity contribution in [3.63, 3.8) is 0 Å². The Bertz CT molecular complexity index is 882. The van der Waals surface area contributed by atoms with Crippen molar-refractivity contribution in [2.45, 2.75) is 37.3 Å². The van der Waals surface area contributed by atoms with E-state index in [1.54, 1.807) is 24.3 Å². The number of rotatable bonds is 7. The molecule has 0 saturated carbocycles. The highest BCUT2D eigenvalue weighted by molar-refractivity contribution is 5.90. The van der Waals surface area contributed by atoms with Gasteiger partial charge in [0.25, 0.3) is 0 Å². The van der Waals surface area contributed by atoms with Crippen molar-refractivity contribution in [2.75, 3.05) is 13.7 Å². The number of phenols is 1. The van der Waals surface area contributed by atoms with Crippen LogP contribution in [0.3, 0.4) is 0 Å². The van der Waals surface area contributed by atoms with Crippen LogP contribution in [0.25, 0.3) is 0 Å². The molecule has 1 saturated heterocycles. The zero-order valence-corrected chi connectivity index (χ0v) is 16.6. The molecule has 0 aliphatic carbocycles. The first kappa shape index (κ1) is 22.8. The van der Waals surface area contributed by atoms with Gasteiger partial charge >= 0.3 is 5.97 Å². The van der Waals surface area contributed by atoms with Gasteiger partial charge in [0, 0.05) is 0 Å². The SMILES string of the molecule is COc1cc(C(=O)OCc2ccc(O[C@@H]3O[C@H](CO)[C@@H](O)[C@H](O)[C@H]3O)cc2)ccc1O. The van der Waals surface area contributed by atoms with Crippen LogP contribution in [-0.2, 0) is 16.1 Å². The summed E-state index contributed by atoms with van der Waals surface area (Å²) in [6, 6.07) is 10.5. The summed E-state index contributed by atoms with van der Waals surface area (Å²) in [4.78, 5) is 12.2. The van der Waals surface area contributed by atoms with Gasteiger partial charge in [-0.2, -0.15) is 0 Å². The molecule has 31 heavy (non-hydrogen) atoms. The van der Waals surface area contributed by atoms with Crippen molar-refractivity contribution in [1.29, 1.82) is 0 Å². The van der Waals surface area contributed by atoms with Crippen LogP contribution < -0.4 is 9.47 Å². The largest absolute Gasteiger partial charge is 0.504 e. The highest BCUT2D eigenvalue weighted by Crippen LogP contribution is 2.27. The molecule has 1 aliphatic heterocycles. The fourth-order valence-electron chi connectivity index (χ4n) is 3.00. The van der Waals surface area contributed by atoms with E-state index in [1.807, 2.05) is 0 Å². The molecule has 1 fully saturated rings. The van der Waals surface area contributed by atoms with Gasteiger partial charge in [-0.3, -0.25) is 0 Å². The molecule has 2 aromatic rings. The van der Waals surface area contributed by atoms with Crippen LogP contribution in [0.1, 0.15) is 15.9 Å². The molecule has 0 unspecified atom stereocenters. The summed E-state index contributed by atoms with van der Waals surface area (Å²) in [6.45, 7) is -0.579. The number of methoxy groups -OCH3 is 1. The number of hydrogen-bond acceptors (Lipinski definition) is 10. The summed E-state index contributed by atoms with van der Waals surface area (Å²) < 4.78 is 21.0. The molecule has 0 aromatic heterocycles. The Morgan fingerprint density at radius 1 is 1.03 bits per heavy atom. The fourth-order valence-corrected chi connectivity index (χ4v) is 3.00. The van der Waals surface area contributed by atoms with Crippen molar-refractivity contribution >= 4 is 5.97 Å². The van der Waals surface area contributed by atoms with E-state index >= 15 is 0 Å². The number of hydrogen-bond donors (Lipinski definition) is 5.